The van der Waals surface area contributed by atoms with Gasteiger partial charge in [0.1, 0.15) is 5.78 Å². The Kier molecular flexibility index (Phi) is 3.24. The number of aromatic nitrogens is 2. The number of Topliss-reactive ketones (excluding diaryl/α,β-unsaturated/α-hetero) is 1. The Hall–Kier alpha value is -0.770. The molecule has 1 aromatic heterocycles. The monoisotopic (exact) mass is 210 g/mol. The van der Waals surface area contributed by atoms with Gasteiger partial charge in [-0.2, -0.15) is 0 Å². The van der Waals surface area contributed by atoms with Crippen LogP contribution in [0.2, 0.25) is 0 Å². The summed E-state index contributed by atoms with van der Waals surface area (Å²) in [4.78, 5) is 11.8. The molecule has 3 nitrogen and oxygen atoms in total. The second kappa shape index (κ2) is 4.64. The number of ketones is 1. The predicted molar refractivity (Wildman–Crippen MR) is 55.2 cm³/mol. The number of rotatable bonds is 3. The molecular weight excluding hydrogens is 196 g/mol. The Bertz CT molecular complexity index is 291. The highest BCUT2D eigenvalue weighted by atomic mass is 32.1. The van der Waals surface area contributed by atoms with E-state index >= 15 is 0 Å². The zero-order valence-electron chi connectivity index (χ0n) is 8.11. The lowest BCUT2D eigenvalue weighted by Crippen LogP contribution is -2.19. The van der Waals surface area contributed by atoms with Gasteiger partial charge in [0.05, 0.1) is 12.1 Å². The molecule has 0 radical (unpaired) electrons. The van der Waals surface area contributed by atoms with Gasteiger partial charge in [-0.05, 0) is 24.4 Å². The zero-order chi connectivity index (χ0) is 9.80. The van der Waals surface area contributed by atoms with Gasteiger partial charge >= 0.3 is 0 Å². The number of hydrogen-bond acceptors (Lipinski definition) is 4. The molecule has 0 aliphatic heterocycles. The molecule has 0 unspecified atom stereocenters. The fourth-order valence-corrected chi connectivity index (χ4v) is 2.46. The van der Waals surface area contributed by atoms with Gasteiger partial charge in [0.15, 0.2) is 0 Å². The summed E-state index contributed by atoms with van der Waals surface area (Å²) < 4.78 is 3.76. The van der Waals surface area contributed by atoms with Crippen LogP contribution in [-0.2, 0) is 11.2 Å². The Balaban J connectivity index is 1.88. The first kappa shape index (κ1) is 9.77. The van der Waals surface area contributed by atoms with Crippen LogP contribution in [-0.4, -0.2) is 15.4 Å². The normalized spacial score (nSPS) is 18.3. The molecule has 4 heteroatoms. The van der Waals surface area contributed by atoms with Gasteiger partial charge in [0.25, 0.3) is 0 Å². The van der Waals surface area contributed by atoms with Crippen molar-refractivity contribution < 1.29 is 4.79 Å². The molecule has 0 atom stereocenters. The van der Waals surface area contributed by atoms with Gasteiger partial charge in [0.2, 0.25) is 0 Å². The molecule has 2 rings (SSSR count). The van der Waals surface area contributed by atoms with Gasteiger partial charge in [-0.15, -0.1) is 5.10 Å². The fourth-order valence-electron chi connectivity index (χ4n) is 2.01. The minimum Gasteiger partial charge on any atom is -0.299 e. The highest BCUT2D eigenvalue weighted by Crippen LogP contribution is 2.25. The predicted octanol–water partition coefficient (Wildman–Crippen LogP) is 2.23. The van der Waals surface area contributed by atoms with Gasteiger partial charge < -0.3 is 0 Å². The van der Waals surface area contributed by atoms with Crippen molar-refractivity contribution in [1.82, 2.24) is 9.59 Å². The summed E-state index contributed by atoms with van der Waals surface area (Å²) in [6, 6.07) is 0. The highest BCUT2D eigenvalue weighted by Gasteiger charge is 2.21. The first-order valence-electron chi connectivity index (χ1n) is 5.15. The second-order valence-electron chi connectivity index (χ2n) is 3.87. The highest BCUT2D eigenvalue weighted by molar-refractivity contribution is 7.03. The molecule has 0 amide bonds. The largest absolute Gasteiger partial charge is 0.299 e. The lowest BCUT2D eigenvalue weighted by Gasteiger charge is -2.19. The van der Waals surface area contributed by atoms with Gasteiger partial charge in [-0.3, -0.25) is 4.79 Å². The van der Waals surface area contributed by atoms with E-state index in [2.05, 4.69) is 9.59 Å². The molecule has 0 bridgehead atoms. The Morgan fingerprint density at radius 1 is 1.43 bits per heavy atom. The van der Waals surface area contributed by atoms with Crippen molar-refractivity contribution in [3.63, 3.8) is 0 Å². The molecule has 0 spiro atoms. The maximum atomic E-state index is 11.8. The van der Waals surface area contributed by atoms with Crippen molar-refractivity contribution in [3.05, 3.63) is 11.1 Å². The average molecular weight is 210 g/mol. The third-order valence-electron chi connectivity index (χ3n) is 2.82. The molecule has 1 aromatic rings. The third-order valence-corrected chi connectivity index (χ3v) is 3.37. The lowest BCUT2D eigenvalue weighted by atomic mass is 9.85. The zero-order valence-corrected chi connectivity index (χ0v) is 8.92. The third kappa shape index (κ3) is 2.38. The minimum absolute atomic E-state index is 0.297. The van der Waals surface area contributed by atoms with E-state index in [4.69, 9.17) is 0 Å². The van der Waals surface area contributed by atoms with Crippen LogP contribution in [0.1, 0.15) is 37.8 Å². The SMILES string of the molecule is O=C(Cc1csnn1)C1CCCCC1. The smallest absolute Gasteiger partial charge is 0.142 e. The van der Waals surface area contributed by atoms with Crippen LogP contribution >= 0.6 is 11.5 Å². The number of nitrogens with zero attached hydrogens (tertiary/aromatic N) is 2. The first-order valence-corrected chi connectivity index (χ1v) is 5.98. The minimum atomic E-state index is 0.297. The molecule has 0 N–H and O–H groups in total. The summed E-state index contributed by atoms with van der Waals surface area (Å²) in [5.41, 5.74) is 0.838. The summed E-state index contributed by atoms with van der Waals surface area (Å²) in [6.45, 7) is 0. The molecule has 14 heavy (non-hydrogen) atoms. The maximum absolute atomic E-state index is 11.8. The number of hydrogen-bond donors (Lipinski definition) is 0. The summed E-state index contributed by atoms with van der Waals surface area (Å²) in [7, 11) is 0. The number of carbonyl (C=O) groups excluding carboxylic acids is 1. The van der Waals surface area contributed by atoms with E-state index in [1.54, 1.807) is 0 Å². The molecule has 0 saturated heterocycles. The summed E-state index contributed by atoms with van der Waals surface area (Å²) >= 11 is 1.31. The van der Waals surface area contributed by atoms with E-state index < -0.39 is 0 Å². The summed E-state index contributed by atoms with van der Waals surface area (Å²) in [5, 5.41) is 5.76. The van der Waals surface area contributed by atoms with Gasteiger partial charge in [-0.1, -0.05) is 23.8 Å². The molecule has 0 aromatic carbocycles. The Morgan fingerprint density at radius 3 is 2.86 bits per heavy atom. The van der Waals surface area contributed by atoms with Gasteiger partial charge in [0, 0.05) is 11.3 Å². The molecule has 1 aliphatic carbocycles. The summed E-state index contributed by atoms with van der Waals surface area (Å²) in [6.07, 6.45) is 6.37. The van der Waals surface area contributed by atoms with Crippen molar-refractivity contribution in [3.8, 4) is 0 Å². The summed E-state index contributed by atoms with van der Waals surface area (Å²) in [5.74, 6) is 0.655. The van der Waals surface area contributed by atoms with Crippen molar-refractivity contribution >= 4 is 17.3 Å². The molecular formula is C10H14N2OS. The van der Waals surface area contributed by atoms with Crippen LogP contribution in [0.4, 0.5) is 0 Å². The van der Waals surface area contributed by atoms with Gasteiger partial charge in [-0.25, -0.2) is 0 Å². The molecule has 1 saturated carbocycles. The van der Waals surface area contributed by atoms with E-state index in [0.29, 0.717) is 18.1 Å². The van der Waals surface area contributed by atoms with Crippen LogP contribution in [0.5, 0.6) is 0 Å². The fraction of sp³-hybridized carbons (Fsp3) is 0.700. The Morgan fingerprint density at radius 2 is 2.21 bits per heavy atom. The molecule has 76 valence electrons. The van der Waals surface area contributed by atoms with Crippen molar-refractivity contribution in [1.29, 1.82) is 0 Å². The van der Waals surface area contributed by atoms with E-state index in [9.17, 15) is 4.79 Å². The second-order valence-corrected chi connectivity index (χ2v) is 4.48. The van der Waals surface area contributed by atoms with Crippen LogP contribution in [0, 0.1) is 5.92 Å². The molecule has 1 fully saturated rings. The Labute approximate surface area is 87.7 Å². The molecule has 1 aliphatic rings. The van der Waals surface area contributed by atoms with E-state index in [-0.39, 0.29) is 0 Å². The quantitative estimate of drug-likeness (QED) is 0.768. The van der Waals surface area contributed by atoms with E-state index in [0.717, 1.165) is 18.5 Å². The van der Waals surface area contributed by atoms with Crippen LogP contribution in [0.15, 0.2) is 5.38 Å². The molecule has 1 heterocycles. The standard InChI is InChI=1S/C10H14N2OS/c13-10(6-9-7-14-12-11-9)8-4-2-1-3-5-8/h7-8H,1-6H2. The van der Waals surface area contributed by atoms with Crippen molar-refractivity contribution in [2.45, 2.75) is 38.5 Å². The topological polar surface area (TPSA) is 42.9 Å². The van der Waals surface area contributed by atoms with Crippen molar-refractivity contribution in [2.24, 2.45) is 5.92 Å². The maximum Gasteiger partial charge on any atom is 0.142 e. The van der Waals surface area contributed by atoms with Crippen LogP contribution < -0.4 is 0 Å². The first-order chi connectivity index (χ1) is 6.86. The average Bonchev–Trinajstić information content (AvgIpc) is 2.72. The van der Waals surface area contributed by atoms with E-state index in [1.165, 1.54) is 30.8 Å². The van der Waals surface area contributed by atoms with Crippen LogP contribution in [0.25, 0.3) is 0 Å². The van der Waals surface area contributed by atoms with Crippen molar-refractivity contribution in [2.75, 3.05) is 0 Å². The van der Waals surface area contributed by atoms with E-state index in [1.807, 2.05) is 5.38 Å². The van der Waals surface area contributed by atoms with Crippen LogP contribution in [0.3, 0.4) is 0 Å². The number of carbonyl (C=O) groups is 1. The lowest BCUT2D eigenvalue weighted by molar-refractivity contribution is -0.123.